The molecule has 74 valence electrons. The molecule has 0 bridgehead atoms. The van der Waals surface area contributed by atoms with E-state index in [0.29, 0.717) is 10.7 Å². The van der Waals surface area contributed by atoms with Gasteiger partial charge in [0.15, 0.2) is 0 Å². The Bertz CT molecular complexity index is 360. The topological polar surface area (TPSA) is 38.7 Å². The first-order valence-electron chi connectivity index (χ1n) is 3.76. The van der Waals surface area contributed by atoms with Gasteiger partial charge in [-0.25, -0.2) is 4.79 Å². The minimum atomic E-state index is -0.960. The van der Waals surface area contributed by atoms with Gasteiger partial charge in [0, 0.05) is 16.6 Å². The van der Waals surface area contributed by atoms with Crippen molar-refractivity contribution in [3.63, 3.8) is 0 Å². The molecule has 0 atom stereocenters. The third kappa shape index (κ3) is 3.36. The third-order valence-corrected chi connectivity index (χ3v) is 1.84. The smallest absolute Gasteiger partial charge is 0.302 e. The summed E-state index contributed by atoms with van der Waals surface area (Å²) in [4.78, 5) is 14.5. The van der Waals surface area contributed by atoms with Crippen LogP contribution in [0.3, 0.4) is 0 Å². The number of hydrogen-bond acceptors (Lipinski definition) is 3. The first kappa shape index (κ1) is 11.0. The van der Waals surface area contributed by atoms with Crippen molar-refractivity contribution < 1.29 is 9.63 Å². The molecule has 1 aromatic rings. The summed E-state index contributed by atoms with van der Waals surface area (Å²) in [5.74, 6) is 0. The molecule has 5 heteroatoms. The van der Waals surface area contributed by atoms with Crippen LogP contribution in [0.25, 0.3) is 0 Å². The molecule has 0 aliphatic carbocycles. The second-order valence-corrected chi connectivity index (χ2v) is 3.26. The van der Waals surface area contributed by atoms with Crippen LogP contribution < -0.4 is 0 Å². The molecule has 3 nitrogen and oxygen atoms in total. The van der Waals surface area contributed by atoms with E-state index >= 15 is 0 Å². The quantitative estimate of drug-likeness (QED) is 0.339. The van der Waals surface area contributed by atoms with Gasteiger partial charge < -0.3 is 4.84 Å². The van der Waals surface area contributed by atoms with Crippen molar-refractivity contribution in [2.75, 3.05) is 0 Å². The van der Waals surface area contributed by atoms with Crippen LogP contribution in [0.5, 0.6) is 0 Å². The van der Waals surface area contributed by atoms with E-state index in [2.05, 4.69) is 9.99 Å². The minimum absolute atomic E-state index is 0.552. The molecule has 1 rings (SSSR count). The van der Waals surface area contributed by atoms with Gasteiger partial charge in [0.1, 0.15) is 0 Å². The molecule has 0 spiro atoms. The number of rotatable bonds is 2. The lowest BCUT2D eigenvalue weighted by atomic mass is 10.1. The fourth-order valence-electron chi connectivity index (χ4n) is 0.848. The van der Waals surface area contributed by atoms with Gasteiger partial charge in [0.2, 0.25) is 0 Å². The maximum atomic E-state index is 10.2. The van der Waals surface area contributed by atoms with E-state index in [1.807, 2.05) is 0 Å². The van der Waals surface area contributed by atoms with Crippen LogP contribution in [0.15, 0.2) is 29.4 Å². The van der Waals surface area contributed by atoms with Gasteiger partial charge in [-0.05, 0) is 24.6 Å². The number of halogens is 2. The van der Waals surface area contributed by atoms with E-state index in [1.165, 1.54) is 0 Å². The highest BCUT2D eigenvalue weighted by molar-refractivity contribution is 6.61. The minimum Gasteiger partial charge on any atom is -0.302 e. The summed E-state index contributed by atoms with van der Waals surface area (Å²) in [5.41, 5.74) is 0.404. The molecule has 0 N–H and O–H groups in total. The Hall–Kier alpha value is -1.06. The van der Waals surface area contributed by atoms with Crippen molar-refractivity contribution in [3.8, 4) is 0 Å². The Labute approximate surface area is 91.3 Å². The zero-order valence-electron chi connectivity index (χ0n) is 7.33. The maximum Gasteiger partial charge on any atom is 0.429 e. The van der Waals surface area contributed by atoms with Crippen LogP contribution in [0.2, 0.25) is 5.02 Å². The zero-order valence-corrected chi connectivity index (χ0v) is 8.84. The highest BCUT2D eigenvalue weighted by Gasteiger charge is 1.99. The number of carbonyl (C=O) groups is 1. The molecule has 14 heavy (non-hydrogen) atoms. The first-order chi connectivity index (χ1) is 6.59. The molecule has 0 heterocycles. The lowest BCUT2D eigenvalue weighted by molar-refractivity contribution is 0.178. The lowest BCUT2D eigenvalue weighted by Crippen LogP contribution is -1.96. The largest absolute Gasteiger partial charge is 0.429 e. The molecule has 0 saturated heterocycles. The van der Waals surface area contributed by atoms with Crippen LogP contribution in [-0.2, 0) is 4.84 Å². The second kappa shape index (κ2) is 4.98. The van der Waals surface area contributed by atoms with Gasteiger partial charge in [-0.3, -0.25) is 0 Å². The van der Waals surface area contributed by atoms with Gasteiger partial charge in [-0.15, -0.1) is 0 Å². The van der Waals surface area contributed by atoms with Gasteiger partial charge in [0.25, 0.3) is 0 Å². The summed E-state index contributed by atoms with van der Waals surface area (Å²) >= 11 is 10.6. The van der Waals surface area contributed by atoms with E-state index in [9.17, 15) is 4.79 Å². The summed E-state index contributed by atoms with van der Waals surface area (Å²) in [7, 11) is 0. The molecule has 0 aromatic heterocycles. The molecule has 0 saturated carbocycles. The Balaban J connectivity index is 2.78. The average Bonchev–Trinajstić information content (AvgIpc) is 2.15. The second-order valence-electron chi connectivity index (χ2n) is 2.51. The predicted octanol–water partition coefficient (Wildman–Crippen LogP) is 3.44. The van der Waals surface area contributed by atoms with E-state index in [0.717, 1.165) is 5.56 Å². The monoisotopic (exact) mass is 231 g/mol. The number of nitrogens with zero attached hydrogens (tertiary/aromatic N) is 1. The number of oxime groups is 1. The standard InChI is InChI=1S/C9H7Cl2NO2/c1-6(12-14-9(11)13)7-2-4-8(10)5-3-7/h2-5H,1H3. The van der Waals surface area contributed by atoms with Gasteiger partial charge in [-0.2, -0.15) is 0 Å². The Morgan fingerprint density at radius 3 is 2.43 bits per heavy atom. The molecule has 1 aromatic carbocycles. The highest BCUT2D eigenvalue weighted by Crippen LogP contribution is 2.10. The number of benzene rings is 1. The Kier molecular flexibility index (Phi) is 3.92. The molecular formula is C9H7Cl2NO2. The zero-order chi connectivity index (χ0) is 10.6. The van der Waals surface area contributed by atoms with Gasteiger partial charge in [-0.1, -0.05) is 28.9 Å². The van der Waals surface area contributed by atoms with Gasteiger partial charge in [0.05, 0.1) is 5.71 Å². The van der Waals surface area contributed by atoms with Gasteiger partial charge >= 0.3 is 5.43 Å². The molecule has 0 radical (unpaired) electrons. The summed E-state index contributed by atoms with van der Waals surface area (Å²) in [6.45, 7) is 1.70. The molecule has 0 aliphatic rings. The fraction of sp³-hybridized carbons (Fsp3) is 0.111. The SMILES string of the molecule is CC(=NOC(=O)Cl)c1ccc(Cl)cc1. The summed E-state index contributed by atoms with van der Waals surface area (Å²) in [6.07, 6.45) is 0. The van der Waals surface area contributed by atoms with E-state index in [4.69, 9.17) is 23.2 Å². The predicted molar refractivity (Wildman–Crippen MR) is 56.0 cm³/mol. The van der Waals surface area contributed by atoms with Crippen molar-refractivity contribution in [1.82, 2.24) is 0 Å². The van der Waals surface area contributed by atoms with Crippen LogP contribution >= 0.6 is 23.2 Å². The van der Waals surface area contributed by atoms with E-state index in [1.54, 1.807) is 31.2 Å². The summed E-state index contributed by atoms with van der Waals surface area (Å²) in [6, 6.07) is 6.98. The normalized spacial score (nSPS) is 11.2. The van der Waals surface area contributed by atoms with Crippen LogP contribution in [0.4, 0.5) is 4.79 Å². The third-order valence-electron chi connectivity index (χ3n) is 1.52. The fourth-order valence-corrected chi connectivity index (χ4v) is 1.01. The molecule has 0 fully saturated rings. The lowest BCUT2D eigenvalue weighted by Gasteiger charge is -1.98. The molecule has 0 aliphatic heterocycles. The highest BCUT2D eigenvalue weighted by atomic mass is 35.5. The molecular weight excluding hydrogens is 225 g/mol. The van der Waals surface area contributed by atoms with Crippen molar-refractivity contribution >= 4 is 34.3 Å². The van der Waals surface area contributed by atoms with Crippen LogP contribution in [-0.4, -0.2) is 11.1 Å². The average molecular weight is 232 g/mol. The first-order valence-corrected chi connectivity index (χ1v) is 4.52. The summed E-state index contributed by atoms with van der Waals surface area (Å²) < 4.78 is 0. The summed E-state index contributed by atoms with van der Waals surface area (Å²) in [5, 5.41) is 4.15. The van der Waals surface area contributed by atoms with E-state index < -0.39 is 5.43 Å². The Morgan fingerprint density at radius 1 is 1.36 bits per heavy atom. The molecule has 0 amide bonds. The number of carbonyl (C=O) groups excluding carboxylic acids is 1. The maximum absolute atomic E-state index is 10.2. The van der Waals surface area contributed by atoms with Crippen molar-refractivity contribution in [1.29, 1.82) is 0 Å². The number of hydrogen-bond donors (Lipinski definition) is 0. The van der Waals surface area contributed by atoms with Crippen molar-refractivity contribution in [2.24, 2.45) is 5.16 Å². The van der Waals surface area contributed by atoms with E-state index in [-0.39, 0.29) is 0 Å². The molecule has 0 unspecified atom stereocenters. The Morgan fingerprint density at radius 2 is 1.93 bits per heavy atom. The van der Waals surface area contributed by atoms with Crippen LogP contribution in [0, 0.1) is 0 Å². The van der Waals surface area contributed by atoms with Crippen LogP contribution in [0.1, 0.15) is 12.5 Å². The van der Waals surface area contributed by atoms with Crippen molar-refractivity contribution in [3.05, 3.63) is 34.9 Å². The van der Waals surface area contributed by atoms with Crippen molar-refractivity contribution in [2.45, 2.75) is 6.92 Å².